The van der Waals surface area contributed by atoms with E-state index in [0.29, 0.717) is 18.0 Å². The first-order chi connectivity index (χ1) is 8.21. The van der Waals surface area contributed by atoms with Gasteiger partial charge in [0, 0.05) is 24.3 Å². The molecule has 5 heteroatoms. The molecule has 0 fully saturated rings. The standard InChI is InChI=1S/C13H21BrN2O2/c1-9(2)6-13(3,18)8-15-12(17)11-5-10(14)7-16(11)4/h5,7,9,18H,6,8H2,1-4H3,(H,15,17). The van der Waals surface area contributed by atoms with E-state index in [9.17, 15) is 9.90 Å². The number of carbonyl (C=O) groups is 1. The summed E-state index contributed by atoms with van der Waals surface area (Å²) in [5.74, 6) is 0.216. The van der Waals surface area contributed by atoms with Crippen molar-refractivity contribution in [2.75, 3.05) is 6.54 Å². The van der Waals surface area contributed by atoms with E-state index in [1.807, 2.05) is 27.1 Å². The minimum Gasteiger partial charge on any atom is -0.388 e. The largest absolute Gasteiger partial charge is 0.388 e. The molecule has 0 spiro atoms. The van der Waals surface area contributed by atoms with Crippen LogP contribution in [0.2, 0.25) is 0 Å². The Kier molecular flexibility index (Phi) is 4.99. The summed E-state index contributed by atoms with van der Waals surface area (Å²) in [6, 6.07) is 1.76. The van der Waals surface area contributed by atoms with E-state index < -0.39 is 5.60 Å². The van der Waals surface area contributed by atoms with Crippen LogP contribution >= 0.6 is 15.9 Å². The minimum atomic E-state index is -0.869. The third-order valence-electron chi connectivity index (χ3n) is 2.68. The molecule has 0 saturated carbocycles. The Balaban J connectivity index is 2.59. The van der Waals surface area contributed by atoms with E-state index in [1.54, 1.807) is 17.6 Å². The molecule has 4 nitrogen and oxygen atoms in total. The molecule has 0 aromatic carbocycles. The third kappa shape index (κ3) is 4.46. The Labute approximate surface area is 117 Å². The second-order valence-corrected chi connectivity index (χ2v) is 6.35. The fraction of sp³-hybridized carbons (Fsp3) is 0.615. The van der Waals surface area contributed by atoms with Crippen molar-refractivity contribution in [3.05, 3.63) is 22.4 Å². The second kappa shape index (κ2) is 5.89. The number of aryl methyl sites for hydroxylation is 1. The van der Waals surface area contributed by atoms with Crippen molar-refractivity contribution in [1.29, 1.82) is 0 Å². The Hall–Kier alpha value is -0.810. The zero-order valence-corrected chi connectivity index (χ0v) is 12.9. The number of hydrogen-bond donors (Lipinski definition) is 2. The monoisotopic (exact) mass is 316 g/mol. The van der Waals surface area contributed by atoms with E-state index >= 15 is 0 Å². The summed E-state index contributed by atoms with van der Waals surface area (Å²) < 4.78 is 2.61. The quantitative estimate of drug-likeness (QED) is 0.876. The molecule has 0 saturated heterocycles. The summed E-state index contributed by atoms with van der Waals surface area (Å²) in [7, 11) is 1.81. The van der Waals surface area contributed by atoms with Crippen molar-refractivity contribution in [1.82, 2.24) is 9.88 Å². The lowest BCUT2D eigenvalue weighted by Crippen LogP contribution is -2.41. The van der Waals surface area contributed by atoms with E-state index in [1.165, 1.54) is 0 Å². The number of amides is 1. The molecule has 1 aromatic rings. The molecular formula is C13H21BrN2O2. The van der Waals surface area contributed by atoms with Gasteiger partial charge in [-0.15, -0.1) is 0 Å². The maximum absolute atomic E-state index is 11.9. The fourth-order valence-electron chi connectivity index (χ4n) is 2.06. The van der Waals surface area contributed by atoms with Crippen molar-refractivity contribution in [3.63, 3.8) is 0 Å². The molecule has 0 aliphatic carbocycles. The van der Waals surface area contributed by atoms with Crippen molar-refractivity contribution >= 4 is 21.8 Å². The van der Waals surface area contributed by atoms with Crippen LogP contribution in [0.3, 0.4) is 0 Å². The maximum Gasteiger partial charge on any atom is 0.268 e. The lowest BCUT2D eigenvalue weighted by atomic mass is 9.94. The second-order valence-electron chi connectivity index (χ2n) is 5.43. The van der Waals surface area contributed by atoms with Crippen LogP contribution in [0.15, 0.2) is 16.7 Å². The molecule has 0 radical (unpaired) electrons. The van der Waals surface area contributed by atoms with Gasteiger partial charge in [0.1, 0.15) is 5.69 Å². The summed E-state index contributed by atoms with van der Waals surface area (Å²) in [5, 5.41) is 12.9. The Morgan fingerprint density at radius 1 is 1.61 bits per heavy atom. The zero-order chi connectivity index (χ0) is 13.9. The van der Waals surface area contributed by atoms with Gasteiger partial charge in [0.15, 0.2) is 0 Å². The average molecular weight is 317 g/mol. The normalized spacial score (nSPS) is 14.6. The van der Waals surface area contributed by atoms with Crippen LogP contribution in [-0.4, -0.2) is 27.7 Å². The minimum absolute atomic E-state index is 0.174. The van der Waals surface area contributed by atoms with Crippen LogP contribution in [0.4, 0.5) is 0 Å². The SMILES string of the molecule is CC(C)CC(C)(O)CNC(=O)c1cc(Br)cn1C. The molecule has 1 heterocycles. The summed E-state index contributed by atoms with van der Waals surface area (Å²) in [5.41, 5.74) is -0.297. The molecule has 2 N–H and O–H groups in total. The third-order valence-corrected chi connectivity index (χ3v) is 3.12. The van der Waals surface area contributed by atoms with Crippen LogP contribution in [0, 0.1) is 5.92 Å². The summed E-state index contributed by atoms with van der Waals surface area (Å²) in [4.78, 5) is 11.9. The summed E-state index contributed by atoms with van der Waals surface area (Å²) >= 11 is 3.32. The van der Waals surface area contributed by atoms with Gasteiger partial charge in [-0.05, 0) is 41.3 Å². The number of nitrogens with zero attached hydrogens (tertiary/aromatic N) is 1. The van der Waals surface area contributed by atoms with Crippen molar-refractivity contribution in [2.24, 2.45) is 13.0 Å². The predicted molar refractivity (Wildman–Crippen MR) is 75.5 cm³/mol. The van der Waals surface area contributed by atoms with E-state index in [-0.39, 0.29) is 12.5 Å². The van der Waals surface area contributed by atoms with Crippen molar-refractivity contribution in [2.45, 2.75) is 32.8 Å². The number of aromatic nitrogens is 1. The van der Waals surface area contributed by atoms with Gasteiger partial charge in [-0.25, -0.2) is 0 Å². The number of halogens is 1. The first kappa shape index (κ1) is 15.2. The molecule has 1 amide bonds. The van der Waals surface area contributed by atoms with E-state index in [0.717, 1.165) is 4.47 Å². The lowest BCUT2D eigenvalue weighted by molar-refractivity contribution is 0.0367. The lowest BCUT2D eigenvalue weighted by Gasteiger charge is -2.25. The molecule has 0 aliphatic rings. The number of aliphatic hydroxyl groups is 1. The van der Waals surface area contributed by atoms with Gasteiger partial charge >= 0.3 is 0 Å². The number of rotatable bonds is 5. The molecule has 1 unspecified atom stereocenters. The highest BCUT2D eigenvalue weighted by Crippen LogP contribution is 2.16. The molecule has 18 heavy (non-hydrogen) atoms. The highest BCUT2D eigenvalue weighted by Gasteiger charge is 2.23. The number of carbonyl (C=O) groups excluding carboxylic acids is 1. The van der Waals surface area contributed by atoms with E-state index in [2.05, 4.69) is 21.2 Å². The smallest absolute Gasteiger partial charge is 0.268 e. The van der Waals surface area contributed by atoms with Gasteiger partial charge < -0.3 is 15.0 Å². The molecule has 1 aromatic heterocycles. The fourth-order valence-corrected chi connectivity index (χ4v) is 2.59. The predicted octanol–water partition coefficient (Wildman–Crippen LogP) is 2.31. The van der Waals surface area contributed by atoms with Crippen LogP contribution < -0.4 is 5.32 Å². The maximum atomic E-state index is 11.9. The van der Waals surface area contributed by atoms with Gasteiger partial charge in [-0.1, -0.05) is 13.8 Å². The van der Waals surface area contributed by atoms with Gasteiger partial charge in [0.25, 0.3) is 5.91 Å². The molecule has 102 valence electrons. The van der Waals surface area contributed by atoms with Crippen molar-refractivity contribution < 1.29 is 9.90 Å². The highest BCUT2D eigenvalue weighted by molar-refractivity contribution is 9.10. The summed E-state index contributed by atoms with van der Waals surface area (Å²) in [6.07, 6.45) is 2.48. The van der Waals surface area contributed by atoms with Crippen LogP contribution in [0.25, 0.3) is 0 Å². The van der Waals surface area contributed by atoms with Crippen molar-refractivity contribution in [3.8, 4) is 0 Å². The average Bonchev–Trinajstić information content (AvgIpc) is 2.52. The number of nitrogens with one attached hydrogen (secondary N) is 1. The molecule has 1 atom stereocenters. The molecule has 0 bridgehead atoms. The van der Waals surface area contributed by atoms with Crippen LogP contribution in [0.5, 0.6) is 0 Å². The zero-order valence-electron chi connectivity index (χ0n) is 11.3. The number of hydrogen-bond acceptors (Lipinski definition) is 2. The molecular weight excluding hydrogens is 296 g/mol. The van der Waals surface area contributed by atoms with E-state index in [4.69, 9.17) is 0 Å². The Morgan fingerprint density at radius 2 is 2.22 bits per heavy atom. The topological polar surface area (TPSA) is 54.3 Å². The highest BCUT2D eigenvalue weighted by atomic mass is 79.9. The van der Waals surface area contributed by atoms with Crippen LogP contribution in [-0.2, 0) is 7.05 Å². The Morgan fingerprint density at radius 3 is 2.67 bits per heavy atom. The van der Waals surface area contributed by atoms with Gasteiger partial charge in [-0.3, -0.25) is 4.79 Å². The Bertz CT molecular complexity index is 425. The molecule has 0 aliphatic heterocycles. The van der Waals surface area contributed by atoms with Crippen LogP contribution in [0.1, 0.15) is 37.7 Å². The summed E-state index contributed by atoms with van der Waals surface area (Å²) in [6.45, 7) is 6.09. The van der Waals surface area contributed by atoms with Gasteiger partial charge in [0.2, 0.25) is 0 Å². The first-order valence-corrected chi connectivity index (χ1v) is 6.83. The van der Waals surface area contributed by atoms with Gasteiger partial charge in [0.05, 0.1) is 5.60 Å². The van der Waals surface area contributed by atoms with Gasteiger partial charge in [-0.2, -0.15) is 0 Å². The molecule has 1 rings (SSSR count). The first-order valence-electron chi connectivity index (χ1n) is 6.04.